The zero-order valence-corrected chi connectivity index (χ0v) is 8.30. The lowest BCUT2D eigenvalue weighted by molar-refractivity contribution is 0.350. The van der Waals surface area contributed by atoms with E-state index in [1.807, 2.05) is 7.05 Å². The lowest BCUT2D eigenvalue weighted by Crippen LogP contribution is -2.10. The number of phenols is 1. The van der Waals surface area contributed by atoms with Crippen molar-refractivity contribution in [1.29, 1.82) is 0 Å². The van der Waals surface area contributed by atoms with E-state index in [9.17, 15) is 9.50 Å². The number of phenolic OH excluding ortho intramolecular Hbond substituents is 1. The number of hydrogen-bond donors (Lipinski definition) is 2. The highest BCUT2D eigenvalue weighted by Crippen LogP contribution is 2.30. The van der Waals surface area contributed by atoms with Crippen LogP contribution < -0.4 is 10.1 Å². The van der Waals surface area contributed by atoms with Crippen molar-refractivity contribution in [1.82, 2.24) is 5.32 Å². The molecule has 0 bridgehead atoms. The van der Waals surface area contributed by atoms with Crippen LogP contribution >= 0.6 is 0 Å². The molecule has 0 aliphatic rings. The van der Waals surface area contributed by atoms with Gasteiger partial charge in [-0.15, -0.1) is 0 Å². The lowest BCUT2D eigenvalue weighted by atomic mass is 10.1. The van der Waals surface area contributed by atoms with Crippen molar-refractivity contribution in [2.24, 2.45) is 0 Å². The summed E-state index contributed by atoms with van der Waals surface area (Å²) >= 11 is 0. The van der Waals surface area contributed by atoms with E-state index >= 15 is 0 Å². The van der Waals surface area contributed by atoms with Crippen LogP contribution in [0.3, 0.4) is 0 Å². The van der Waals surface area contributed by atoms with Gasteiger partial charge in [0.2, 0.25) is 0 Å². The average molecular weight is 199 g/mol. The highest BCUT2D eigenvalue weighted by atomic mass is 19.1. The minimum atomic E-state index is -0.529. The lowest BCUT2D eigenvalue weighted by Gasteiger charge is -2.07. The number of rotatable bonds is 4. The number of methoxy groups -OCH3 is 1. The number of benzene rings is 1. The van der Waals surface area contributed by atoms with Gasteiger partial charge in [-0.3, -0.25) is 0 Å². The number of hydrogen-bond acceptors (Lipinski definition) is 3. The maximum Gasteiger partial charge on any atom is 0.196 e. The maximum atomic E-state index is 13.2. The monoisotopic (exact) mass is 199 g/mol. The Morgan fingerprint density at radius 2 is 2.21 bits per heavy atom. The third kappa shape index (κ3) is 2.35. The predicted molar refractivity (Wildman–Crippen MR) is 52.2 cm³/mol. The summed E-state index contributed by atoms with van der Waals surface area (Å²) in [5.74, 6) is -0.782. The summed E-state index contributed by atoms with van der Waals surface area (Å²) in [7, 11) is 3.14. The van der Waals surface area contributed by atoms with Gasteiger partial charge >= 0.3 is 0 Å². The first kappa shape index (κ1) is 10.8. The van der Waals surface area contributed by atoms with E-state index in [4.69, 9.17) is 4.74 Å². The van der Waals surface area contributed by atoms with E-state index in [1.54, 1.807) is 0 Å². The number of halogens is 1. The van der Waals surface area contributed by atoms with Crippen molar-refractivity contribution >= 4 is 0 Å². The molecule has 0 saturated carbocycles. The molecular formula is C10H14FNO2. The molecule has 1 aromatic rings. The molecule has 0 aromatic heterocycles. The Bertz CT molecular complexity index is 292. The van der Waals surface area contributed by atoms with Crippen molar-refractivity contribution in [3.05, 3.63) is 23.5 Å². The Kier molecular flexibility index (Phi) is 3.71. The molecule has 0 saturated heterocycles. The zero-order chi connectivity index (χ0) is 10.6. The molecule has 78 valence electrons. The van der Waals surface area contributed by atoms with Crippen LogP contribution in [-0.2, 0) is 6.42 Å². The first-order valence-electron chi connectivity index (χ1n) is 4.39. The number of likely N-dealkylation sites (N-methyl/N-ethyl adjacent to an activating group) is 1. The van der Waals surface area contributed by atoms with Crippen LogP contribution in [0.2, 0.25) is 0 Å². The molecule has 0 atom stereocenters. The average Bonchev–Trinajstić information content (AvgIpc) is 2.14. The third-order valence-electron chi connectivity index (χ3n) is 1.95. The zero-order valence-electron chi connectivity index (χ0n) is 8.30. The SMILES string of the molecule is CNCCc1cc(O)c(OC)c(F)c1. The van der Waals surface area contributed by atoms with Crippen LogP contribution in [-0.4, -0.2) is 25.8 Å². The number of aromatic hydroxyl groups is 1. The van der Waals surface area contributed by atoms with Crippen molar-refractivity contribution in [3.8, 4) is 11.5 Å². The van der Waals surface area contributed by atoms with Gasteiger partial charge < -0.3 is 15.2 Å². The summed E-state index contributed by atoms with van der Waals surface area (Å²) in [4.78, 5) is 0. The van der Waals surface area contributed by atoms with Crippen LogP contribution in [0.25, 0.3) is 0 Å². The van der Waals surface area contributed by atoms with Gasteiger partial charge in [0.25, 0.3) is 0 Å². The van der Waals surface area contributed by atoms with Gasteiger partial charge in [-0.25, -0.2) is 4.39 Å². The topological polar surface area (TPSA) is 41.5 Å². The Hall–Kier alpha value is -1.29. The normalized spacial score (nSPS) is 10.2. The van der Waals surface area contributed by atoms with Crippen LogP contribution in [0.5, 0.6) is 11.5 Å². The molecule has 14 heavy (non-hydrogen) atoms. The van der Waals surface area contributed by atoms with Gasteiger partial charge in [0.1, 0.15) is 0 Å². The van der Waals surface area contributed by atoms with Crippen LogP contribution in [0.4, 0.5) is 4.39 Å². The van der Waals surface area contributed by atoms with E-state index in [1.165, 1.54) is 19.2 Å². The van der Waals surface area contributed by atoms with Gasteiger partial charge in [0.15, 0.2) is 17.3 Å². The molecule has 0 heterocycles. The van der Waals surface area contributed by atoms with E-state index in [0.717, 1.165) is 12.1 Å². The van der Waals surface area contributed by atoms with Crippen molar-refractivity contribution in [2.75, 3.05) is 20.7 Å². The van der Waals surface area contributed by atoms with Gasteiger partial charge in [0.05, 0.1) is 7.11 Å². The molecule has 0 unspecified atom stereocenters. The molecule has 3 nitrogen and oxygen atoms in total. The summed E-state index contributed by atoms with van der Waals surface area (Å²) in [6.45, 7) is 0.741. The summed E-state index contributed by atoms with van der Waals surface area (Å²) in [6.07, 6.45) is 0.672. The molecular weight excluding hydrogens is 185 g/mol. The molecule has 4 heteroatoms. The quantitative estimate of drug-likeness (QED) is 0.768. The Morgan fingerprint density at radius 3 is 2.71 bits per heavy atom. The van der Waals surface area contributed by atoms with E-state index in [-0.39, 0.29) is 11.5 Å². The maximum absolute atomic E-state index is 13.2. The highest BCUT2D eigenvalue weighted by molar-refractivity contribution is 5.43. The smallest absolute Gasteiger partial charge is 0.196 e. The predicted octanol–water partition coefficient (Wildman–Crippen LogP) is 1.30. The largest absolute Gasteiger partial charge is 0.504 e. The summed E-state index contributed by atoms with van der Waals surface area (Å²) in [5, 5.41) is 12.3. The fourth-order valence-corrected chi connectivity index (χ4v) is 1.25. The number of ether oxygens (including phenoxy) is 1. The van der Waals surface area contributed by atoms with Gasteiger partial charge in [0, 0.05) is 0 Å². The first-order valence-corrected chi connectivity index (χ1v) is 4.39. The second-order valence-corrected chi connectivity index (χ2v) is 2.98. The fraction of sp³-hybridized carbons (Fsp3) is 0.400. The van der Waals surface area contributed by atoms with E-state index in [0.29, 0.717) is 6.42 Å². The van der Waals surface area contributed by atoms with Crippen LogP contribution in [0.15, 0.2) is 12.1 Å². The summed E-state index contributed by atoms with van der Waals surface area (Å²) in [5.41, 5.74) is 0.746. The standard InChI is InChI=1S/C10H14FNO2/c1-12-4-3-7-5-8(11)10(14-2)9(13)6-7/h5-6,12-13H,3-4H2,1-2H3. The van der Waals surface area contributed by atoms with Crippen molar-refractivity contribution < 1.29 is 14.2 Å². The van der Waals surface area contributed by atoms with Crippen molar-refractivity contribution in [3.63, 3.8) is 0 Å². The molecule has 0 aliphatic carbocycles. The van der Waals surface area contributed by atoms with Gasteiger partial charge in [-0.1, -0.05) is 0 Å². The summed E-state index contributed by atoms with van der Waals surface area (Å²) in [6, 6.07) is 2.88. The first-order chi connectivity index (χ1) is 6.69. The summed E-state index contributed by atoms with van der Waals surface area (Å²) < 4.78 is 17.9. The molecule has 0 amide bonds. The molecule has 0 spiro atoms. The minimum absolute atomic E-state index is 0.0989. The van der Waals surface area contributed by atoms with E-state index in [2.05, 4.69) is 5.32 Å². The van der Waals surface area contributed by atoms with E-state index < -0.39 is 5.82 Å². The minimum Gasteiger partial charge on any atom is -0.504 e. The Morgan fingerprint density at radius 1 is 1.50 bits per heavy atom. The molecule has 0 aliphatic heterocycles. The number of nitrogens with one attached hydrogen (secondary N) is 1. The highest BCUT2D eigenvalue weighted by Gasteiger charge is 2.09. The van der Waals surface area contributed by atoms with Crippen LogP contribution in [0.1, 0.15) is 5.56 Å². The Balaban J connectivity index is 2.90. The molecule has 0 fully saturated rings. The molecule has 1 aromatic carbocycles. The van der Waals surface area contributed by atoms with Gasteiger partial charge in [-0.05, 0) is 37.7 Å². The molecule has 0 radical (unpaired) electrons. The molecule has 2 N–H and O–H groups in total. The fourth-order valence-electron chi connectivity index (χ4n) is 1.25. The Labute approximate surface area is 82.5 Å². The van der Waals surface area contributed by atoms with Crippen LogP contribution in [0, 0.1) is 5.82 Å². The molecule has 1 rings (SSSR count). The second-order valence-electron chi connectivity index (χ2n) is 2.98. The third-order valence-corrected chi connectivity index (χ3v) is 1.95. The second kappa shape index (κ2) is 4.81. The van der Waals surface area contributed by atoms with Gasteiger partial charge in [-0.2, -0.15) is 0 Å². The van der Waals surface area contributed by atoms with Crippen molar-refractivity contribution in [2.45, 2.75) is 6.42 Å².